The lowest BCUT2D eigenvalue weighted by Gasteiger charge is -2.24. The minimum Gasteiger partial charge on any atom is -0.339 e. The first-order valence-electron chi connectivity index (χ1n) is 10.4. The number of benzene rings is 1. The first kappa shape index (κ1) is 18.3. The number of nitrogens with zero attached hydrogens (tertiary/aromatic N) is 3. The van der Waals surface area contributed by atoms with Gasteiger partial charge in [0.2, 0.25) is 15.9 Å². The summed E-state index contributed by atoms with van der Waals surface area (Å²) in [5, 5.41) is 4.28. The maximum absolute atomic E-state index is 13.4. The molecular formula is C21H27N3O3S. The molecule has 150 valence electrons. The van der Waals surface area contributed by atoms with Crippen molar-refractivity contribution in [2.24, 2.45) is 5.92 Å². The van der Waals surface area contributed by atoms with E-state index in [1.165, 1.54) is 11.1 Å². The maximum Gasteiger partial charge on any atom is 0.243 e. The van der Waals surface area contributed by atoms with Gasteiger partial charge in [0.25, 0.3) is 0 Å². The Balaban J connectivity index is 1.47. The molecule has 2 atom stereocenters. The smallest absolute Gasteiger partial charge is 0.243 e. The zero-order valence-electron chi connectivity index (χ0n) is 16.5. The van der Waals surface area contributed by atoms with Gasteiger partial charge in [-0.05, 0) is 61.3 Å². The highest BCUT2D eigenvalue weighted by atomic mass is 32.2. The van der Waals surface area contributed by atoms with Gasteiger partial charge < -0.3 is 4.52 Å². The molecule has 1 saturated carbocycles. The molecule has 7 heteroatoms. The van der Waals surface area contributed by atoms with Gasteiger partial charge in [0, 0.05) is 19.0 Å². The molecule has 2 fully saturated rings. The van der Waals surface area contributed by atoms with Crippen molar-refractivity contribution in [3.8, 4) is 0 Å². The Morgan fingerprint density at radius 3 is 2.82 bits per heavy atom. The van der Waals surface area contributed by atoms with Crippen LogP contribution in [0.15, 0.2) is 27.6 Å². The van der Waals surface area contributed by atoms with Crippen LogP contribution in [0.1, 0.15) is 68.3 Å². The summed E-state index contributed by atoms with van der Waals surface area (Å²) in [4.78, 5) is 5.09. The van der Waals surface area contributed by atoms with Crippen molar-refractivity contribution in [1.29, 1.82) is 0 Å². The average Bonchev–Trinajstić information content (AvgIpc) is 3.41. The zero-order valence-corrected chi connectivity index (χ0v) is 17.3. The quantitative estimate of drug-likeness (QED) is 0.785. The summed E-state index contributed by atoms with van der Waals surface area (Å²) in [6, 6.07) is 5.67. The second-order valence-corrected chi connectivity index (χ2v) is 10.9. The molecule has 1 aromatic heterocycles. The van der Waals surface area contributed by atoms with Crippen LogP contribution in [0.25, 0.3) is 0 Å². The first-order chi connectivity index (χ1) is 13.4. The molecule has 1 saturated heterocycles. The van der Waals surface area contributed by atoms with Crippen LogP contribution in [0, 0.1) is 5.92 Å². The molecule has 2 aromatic rings. The SMILES string of the molecule is CC(C)c1nc([C@@]23CCC[C@@H]2CN(S(=O)(=O)c2ccc4c(c2)CCC4)C3)no1. The first-order valence-corrected chi connectivity index (χ1v) is 11.8. The summed E-state index contributed by atoms with van der Waals surface area (Å²) in [6.07, 6.45) is 6.17. The van der Waals surface area contributed by atoms with Crippen molar-refractivity contribution < 1.29 is 12.9 Å². The summed E-state index contributed by atoms with van der Waals surface area (Å²) in [6.45, 7) is 5.06. The van der Waals surface area contributed by atoms with Gasteiger partial charge >= 0.3 is 0 Å². The van der Waals surface area contributed by atoms with E-state index in [0.717, 1.165) is 38.5 Å². The van der Waals surface area contributed by atoms with Crippen LogP contribution in [0.5, 0.6) is 0 Å². The highest BCUT2D eigenvalue weighted by molar-refractivity contribution is 7.89. The van der Waals surface area contributed by atoms with Crippen molar-refractivity contribution in [2.45, 2.75) is 68.6 Å². The Morgan fingerprint density at radius 1 is 1.21 bits per heavy atom. The Labute approximate surface area is 166 Å². The van der Waals surface area contributed by atoms with E-state index in [1.807, 2.05) is 26.0 Å². The molecule has 1 aromatic carbocycles. The molecule has 2 heterocycles. The van der Waals surface area contributed by atoms with Crippen LogP contribution in [0.3, 0.4) is 0 Å². The van der Waals surface area contributed by atoms with Gasteiger partial charge in [0.15, 0.2) is 5.82 Å². The topological polar surface area (TPSA) is 76.3 Å². The normalized spacial score (nSPS) is 27.5. The van der Waals surface area contributed by atoms with Crippen LogP contribution in [-0.4, -0.2) is 36.0 Å². The number of fused-ring (bicyclic) bond motifs is 2. The third kappa shape index (κ3) is 2.66. The van der Waals surface area contributed by atoms with Crippen LogP contribution in [-0.2, 0) is 28.3 Å². The van der Waals surface area contributed by atoms with E-state index in [1.54, 1.807) is 10.4 Å². The molecule has 0 radical (unpaired) electrons. The van der Waals surface area contributed by atoms with Crippen molar-refractivity contribution in [2.75, 3.05) is 13.1 Å². The monoisotopic (exact) mass is 401 g/mol. The standard InChI is InChI=1S/C21H27N3O3S/c1-14(2)19-22-20(23-27-19)21-10-4-7-17(21)12-24(13-21)28(25,26)18-9-8-15-5-3-6-16(15)11-18/h8-9,11,14,17H,3-7,10,12-13H2,1-2H3/t17-,21-/m1/s1. The number of hydrogen-bond donors (Lipinski definition) is 0. The summed E-state index contributed by atoms with van der Waals surface area (Å²) in [5.41, 5.74) is 2.18. The Bertz CT molecular complexity index is 1010. The molecule has 0 unspecified atom stereocenters. The third-order valence-corrected chi connectivity index (χ3v) is 8.74. The summed E-state index contributed by atoms with van der Waals surface area (Å²) < 4.78 is 34.0. The van der Waals surface area contributed by atoms with E-state index in [0.29, 0.717) is 29.7 Å². The van der Waals surface area contributed by atoms with E-state index < -0.39 is 10.0 Å². The van der Waals surface area contributed by atoms with E-state index >= 15 is 0 Å². The van der Waals surface area contributed by atoms with Crippen LogP contribution in [0.4, 0.5) is 0 Å². The lowest BCUT2D eigenvalue weighted by Crippen LogP contribution is -2.35. The number of hydrogen-bond acceptors (Lipinski definition) is 5. The molecule has 0 bridgehead atoms. The average molecular weight is 402 g/mol. The molecule has 0 spiro atoms. The molecule has 28 heavy (non-hydrogen) atoms. The van der Waals surface area contributed by atoms with Gasteiger partial charge in [0.1, 0.15) is 0 Å². The minimum atomic E-state index is -3.51. The number of rotatable bonds is 4. The fourth-order valence-corrected chi connectivity index (χ4v) is 6.93. The van der Waals surface area contributed by atoms with Crippen molar-refractivity contribution in [3.63, 3.8) is 0 Å². The second-order valence-electron chi connectivity index (χ2n) is 8.94. The van der Waals surface area contributed by atoms with E-state index in [2.05, 4.69) is 10.1 Å². The molecule has 1 aliphatic heterocycles. The minimum absolute atomic E-state index is 0.171. The summed E-state index contributed by atoms with van der Waals surface area (Å²) in [5.74, 6) is 1.76. The van der Waals surface area contributed by atoms with Gasteiger partial charge in [-0.3, -0.25) is 0 Å². The van der Waals surface area contributed by atoms with Crippen LogP contribution < -0.4 is 0 Å². The lowest BCUT2D eigenvalue weighted by atomic mass is 9.80. The Kier molecular flexibility index (Phi) is 4.18. The molecule has 2 aliphatic carbocycles. The molecular weight excluding hydrogens is 374 g/mol. The molecule has 6 nitrogen and oxygen atoms in total. The summed E-state index contributed by atoms with van der Waals surface area (Å²) >= 11 is 0. The van der Waals surface area contributed by atoms with Crippen LogP contribution >= 0.6 is 0 Å². The number of aromatic nitrogens is 2. The Hall–Kier alpha value is -1.73. The fraction of sp³-hybridized carbons (Fsp3) is 0.619. The number of aryl methyl sites for hydroxylation is 2. The summed E-state index contributed by atoms with van der Waals surface area (Å²) in [7, 11) is -3.51. The van der Waals surface area contributed by atoms with E-state index in [4.69, 9.17) is 4.52 Å². The van der Waals surface area contributed by atoms with Crippen molar-refractivity contribution in [1.82, 2.24) is 14.4 Å². The van der Waals surface area contributed by atoms with Gasteiger partial charge in [-0.2, -0.15) is 9.29 Å². The predicted octanol–water partition coefficient (Wildman–Crippen LogP) is 3.42. The molecule has 5 rings (SSSR count). The zero-order chi connectivity index (χ0) is 19.5. The predicted molar refractivity (Wildman–Crippen MR) is 105 cm³/mol. The van der Waals surface area contributed by atoms with E-state index in [-0.39, 0.29) is 17.3 Å². The van der Waals surface area contributed by atoms with Gasteiger partial charge in [-0.25, -0.2) is 8.42 Å². The highest BCUT2D eigenvalue weighted by Gasteiger charge is 2.56. The number of sulfonamides is 1. The second kappa shape index (κ2) is 6.39. The van der Waals surface area contributed by atoms with Crippen LogP contribution in [0.2, 0.25) is 0 Å². The highest BCUT2D eigenvalue weighted by Crippen LogP contribution is 2.50. The third-order valence-electron chi connectivity index (χ3n) is 6.93. The van der Waals surface area contributed by atoms with Crippen molar-refractivity contribution >= 4 is 10.0 Å². The fourth-order valence-electron chi connectivity index (χ4n) is 5.32. The van der Waals surface area contributed by atoms with Gasteiger partial charge in [0.05, 0.1) is 10.3 Å². The molecule has 0 N–H and O–H groups in total. The Morgan fingerprint density at radius 2 is 2.04 bits per heavy atom. The largest absolute Gasteiger partial charge is 0.339 e. The van der Waals surface area contributed by atoms with Gasteiger partial charge in [-0.1, -0.05) is 31.5 Å². The van der Waals surface area contributed by atoms with Gasteiger partial charge in [-0.15, -0.1) is 0 Å². The molecule has 0 amide bonds. The van der Waals surface area contributed by atoms with E-state index in [9.17, 15) is 8.42 Å². The van der Waals surface area contributed by atoms with Crippen molar-refractivity contribution in [3.05, 3.63) is 41.0 Å². The lowest BCUT2D eigenvalue weighted by molar-refractivity contribution is 0.324. The molecule has 3 aliphatic rings. The maximum atomic E-state index is 13.4.